The van der Waals surface area contributed by atoms with Crippen molar-refractivity contribution in [3.05, 3.63) is 64.7 Å². The number of phenols is 1. The van der Waals surface area contributed by atoms with Crippen molar-refractivity contribution in [2.75, 3.05) is 0 Å². The molecule has 0 aliphatic rings. The quantitative estimate of drug-likeness (QED) is 0.335. The predicted octanol–water partition coefficient (Wildman–Crippen LogP) is 2.13. The van der Waals surface area contributed by atoms with Crippen molar-refractivity contribution in [2.45, 2.75) is 0 Å². The summed E-state index contributed by atoms with van der Waals surface area (Å²) in [7, 11) is 0. The fourth-order valence-electron chi connectivity index (χ4n) is 1.85. The molecule has 7 N–H and O–H groups in total. The van der Waals surface area contributed by atoms with Crippen LogP contribution < -0.4 is 11.5 Å². The van der Waals surface area contributed by atoms with Crippen molar-refractivity contribution in [3.63, 3.8) is 0 Å². The van der Waals surface area contributed by atoms with Crippen molar-refractivity contribution in [1.29, 1.82) is 10.8 Å². The number of amidine groups is 2. The van der Waals surface area contributed by atoms with E-state index in [-0.39, 0.29) is 17.4 Å². The van der Waals surface area contributed by atoms with Crippen LogP contribution >= 0.6 is 0 Å². The third-order valence-corrected chi connectivity index (χ3v) is 3.00. The third-order valence-electron chi connectivity index (χ3n) is 3.00. The molecule has 0 atom stereocenters. The number of nitrogens with one attached hydrogen (secondary N) is 2. The Kier molecular flexibility index (Phi) is 4.04. The molecule has 0 aliphatic carbocycles. The number of nitrogens with two attached hydrogens (primary N) is 2. The molecule has 0 saturated heterocycles. The van der Waals surface area contributed by atoms with Crippen LogP contribution in [0.15, 0.2) is 42.5 Å². The van der Waals surface area contributed by atoms with Crippen LogP contribution in [0.4, 0.5) is 0 Å². The number of benzene rings is 2. The Hall–Kier alpha value is -3.08. The van der Waals surface area contributed by atoms with Gasteiger partial charge in [0.25, 0.3) is 0 Å². The minimum absolute atomic E-state index is 0.0171. The highest BCUT2D eigenvalue weighted by atomic mass is 16.3. The number of rotatable bonds is 4. The van der Waals surface area contributed by atoms with Crippen LogP contribution in [-0.2, 0) is 0 Å². The van der Waals surface area contributed by atoms with Gasteiger partial charge in [-0.25, -0.2) is 0 Å². The lowest BCUT2D eigenvalue weighted by molar-refractivity contribution is 0.474. The van der Waals surface area contributed by atoms with Gasteiger partial charge in [0.2, 0.25) is 0 Å². The van der Waals surface area contributed by atoms with Crippen LogP contribution in [-0.4, -0.2) is 16.8 Å². The molecule has 0 aromatic heterocycles. The first kappa shape index (κ1) is 14.3. The summed E-state index contributed by atoms with van der Waals surface area (Å²) in [6.45, 7) is 0. The van der Waals surface area contributed by atoms with Gasteiger partial charge in [0, 0.05) is 5.56 Å². The lowest BCUT2D eigenvalue weighted by Crippen LogP contribution is -2.10. The van der Waals surface area contributed by atoms with Crippen LogP contribution in [0.3, 0.4) is 0 Å². The predicted molar refractivity (Wildman–Crippen MR) is 85.5 cm³/mol. The largest absolute Gasteiger partial charge is 0.507 e. The molecule has 5 heteroatoms. The average Bonchev–Trinajstić information content (AvgIpc) is 2.45. The van der Waals surface area contributed by atoms with Gasteiger partial charge in [0.15, 0.2) is 0 Å². The van der Waals surface area contributed by atoms with Gasteiger partial charge in [-0.3, -0.25) is 10.8 Å². The summed E-state index contributed by atoms with van der Waals surface area (Å²) >= 11 is 0. The van der Waals surface area contributed by atoms with Gasteiger partial charge in [-0.2, -0.15) is 0 Å². The molecule has 0 unspecified atom stereocenters. The normalized spacial score (nSPS) is 10.7. The monoisotopic (exact) mass is 280 g/mol. The summed E-state index contributed by atoms with van der Waals surface area (Å²) in [5.74, 6) is -0.144. The lowest BCUT2D eigenvalue weighted by atomic mass is 10.1. The van der Waals surface area contributed by atoms with Gasteiger partial charge in [-0.05, 0) is 23.3 Å². The van der Waals surface area contributed by atoms with Crippen LogP contribution in [0.2, 0.25) is 0 Å². The maximum Gasteiger partial charge on any atom is 0.127 e. The Morgan fingerprint density at radius 2 is 1.43 bits per heavy atom. The van der Waals surface area contributed by atoms with E-state index in [0.717, 1.165) is 11.1 Å². The summed E-state index contributed by atoms with van der Waals surface area (Å²) in [6.07, 6.45) is 3.72. The minimum atomic E-state index is -0.164. The molecule has 0 saturated carbocycles. The van der Waals surface area contributed by atoms with Gasteiger partial charge in [-0.1, -0.05) is 42.5 Å². The maximum absolute atomic E-state index is 9.76. The Labute approximate surface area is 122 Å². The Bertz CT molecular complexity index is 718. The fourth-order valence-corrected chi connectivity index (χ4v) is 1.85. The van der Waals surface area contributed by atoms with E-state index in [0.29, 0.717) is 11.1 Å². The Morgan fingerprint density at radius 3 is 1.95 bits per heavy atom. The van der Waals surface area contributed by atoms with E-state index in [2.05, 4.69) is 0 Å². The van der Waals surface area contributed by atoms with E-state index in [1.165, 1.54) is 0 Å². The highest BCUT2D eigenvalue weighted by Crippen LogP contribution is 2.20. The average molecular weight is 280 g/mol. The molecule has 0 radical (unpaired) electrons. The first-order valence-corrected chi connectivity index (χ1v) is 6.27. The van der Waals surface area contributed by atoms with Crippen molar-refractivity contribution >= 4 is 23.8 Å². The molecular formula is C16H16N4O. The second-order valence-corrected chi connectivity index (χ2v) is 4.56. The molecule has 0 aliphatic heterocycles. The van der Waals surface area contributed by atoms with E-state index >= 15 is 0 Å². The summed E-state index contributed by atoms with van der Waals surface area (Å²) < 4.78 is 0. The maximum atomic E-state index is 9.76. The topological polar surface area (TPSA) is 120 Å². The number of hydrogen-bond donors (Lipinski definition) is 5. The smallest absolute Gasteiger partial charge is 0.127 e. The van der Waals surface area contributed by atoms with E-state index in [1.807, 2.05) is 24.3 Å². The summed E-state index contributed by atoms with van der Waals surface area (Å²) in [6, 6.07) is 12.2. The highest BCUT2D eigenvalue weighted by molar-refractivity contribution is 5.98. The second-order valence-electron chi connectivity index (χ2n) is 4.56. The lowest BCUT2D eigenvalue weighted by Gasteiger charge is -2.03. The molecule has 0 amide bonds. The van der Waals surface area contributed by atoms with Gasteiger partial charge in [0.1, 0.15) is 17.4 Å². The summed E-state index contributed by atoms with van der Waals surface area (Å²) in [5, 5.41) is 24.4. The Morgan fingerprint density at radius 1 is 0.857 bits per heavy atom. The Balaban J connectivity index is 2.19. The third kappa shape index (κ3) is 3.48. The zero-order valence-electron chi connectivity index (χ0n) is 11.3. The molecule has 5 nitrogen and oxygen atoms in total. The van der Waals surface area contributed by atoms with Crippen LogP contribution in [0.1, 0.15) is 22.3 Å². The molecule has 0 heterocycles. The number of hydrogen-bond acceptors (Lipinski definition) is 3. The summed E-state index contributed by atoms with van der Waals surface area (Å²) in [5.41, 5.74) is 13.5. The van der Waals surface area contributed by atoms with E-state index < -0.39 is 0 Å². The molecule has 2 aromatic carbocycles. The summed E-state index contributed by atoms with van der Waals surface area (Å²) in [4.78, 5) is 0. The van der Waals surface area contributed by atoms with E-state index in [4.69, 9.17) is 22.3 Å². The number of nitrogen functional groups attached to an aromatic ring is 2. The fraction of sp³-hybridized carbons (Fsp3) is 0. The molecule has 2 aromatic rings. The molecule has 0 bridgehead atoms. The molecule has 2 rings (SSSR count). The van der Waals surface area contributed by atoms with Crippen LogP contribution in [0.5, 0.6) is 5.75 Å². The zero-order valence-corrected chi connectivity index (χ0v) is 11.3. The van der Waals surface area contributed by atoms with Crippen LogP contribution in [0, 0.1) is 10.8 Å². The molecule has 21 heavy (non-hydrogen) atoms. The van der Waals surface area contributed by atoms with Gasteiger partial charge < -0.3 is 16.6 Å². The zero-order chi connectivity index (χ0) is 15.4. The van der Waals surface area contributed by atoms with Crippen LogP contribution in [0.25, 0.3) is 12.2 Å². The number of aromatic hydroxyl groups is 1. The SMILES string of the molecule is N=C(N)c1ccc(C=Cc2ccc(C(=N)N)c(O)c2)cc1. The standard InChI is InChI=1S/C16H16N4O/c17-15(18)12-6-3-10(4-7-12)1-2-11-5-8-13(16(19)20)14(21)9-11/h1-9,21H,(H3,17,18)(H3,19,20). The van der Waals surface area contributed by atoms with Crippen molar-refractivity contribution in [2.24, 2.45) is 11.5 Å². The van der Waals surface area contributed by atoms with Crippen molar-refractivity contribution < 1.29 is 5.11 Å². The van der Waals surface area contributed by atoms with Crippen molar-refractivity contribution in [3.8, 4) is 5.75 Å². The molecule has 106 valence electrons. The first-order valence-electron chi connectivity index (χ1n) is 6.27. The second kappa shape index (κ2) is 5.92. The number of phenolic OH excluding ortho intramolecular Hbond substituents is 1. The van der Waals surface area contributed by atoms with Crippen molar-refractivity contribution in [1.82, 2.24) is 0 Å². The molecule has 0 spiro atoms. The highest BCUT2D eigenvalue weighted by Gasteiger charge is 2.03. The first-order chi connectivity index (χ1) is 9.97. The van der Waals surface area contributed by atoms with E-state index in [9.17, 15) is 5.11 Å². The molecular weight excluding hydrogens is 264 g/mol. The van der Waals surface area contributed by atoms with E-state index in [1.54, 1.807) is 30.3 Å². The van der Waals surface area contributed by atoms with Gasteiger partial charge in [-0.15, -0.1) is 0 Å². The molecule has 0 fully saturated rings. The van der Waals surface area contributed by atoms with Gasteiger partial charge >= 0.3 is 0 Å². The minimum Gasteiger partial charge on any atom is -0.507 e. The van der Waals surface area contributed by atoms with Gasteiger partial charge in [0.05, 0.1) is 5.56 Å².